The first-order chi connectivity index (χ1) is 17.4. The molecule has 3 aromatic rings. The molecule has 0 bridgehead atoms. The lowest BCUT2D eigenvalue weighted by atomic mass is 9.87. The van der Waals surface area contributed by atoms with Gasteiger partial charge in [-0.2, -0.15) is 0 Å². The first-order valence-corrected chi connectivity index (χ1v) is 12.9. The van der Waals surface area contributed by atoms with Crippen LogP contribution < -0.4 is 10.1 Å². The minimum absolute atomic E-state index is 0.120. The second kappa shape index (κ2) is 10.2. The van der Waals surface area contributed by atoms with Crippen molar-refractivity contribution in [1.29, 1.82) is 0 Å². The lowest BCUT2D eigenvalue weighted by Crippen LogP contribution is -2.41. The van der Waals surface area contributed by atoms with Gasteiger partial charge in [0.15, 0.2) is 5.76 Å². The molecule has 6 heteroatoms. The summed E-state index contributed by atoms with van der Waals surface area (Å²) in [5.74, 6) is 2.17. The van der Waals surface area contributed by atoms with Gasteiger partial charge in [-0.15, -0.1) is 0 Å². The van der Waals surface area contributed by atoms with Crippen molar-refractivity contribution >= 4 is 11.8 Å². The largest absolute Gasteiger partial charge is 0.486 e. The zero-order valence-electron chi connectivity index (χ0n) is 21.3. The van der Waals surface area contributed by atoms with Crippen molar-refractivity contribution < 1.29 is 18.7 Å². The first-order valence-electron chi connectivity index (χ1n) is 12.9. The molecule has 2 aliphatic rings. The molecule has 1 N–H and O–H groups in total. The molecule has 1 aromatic heterocycles. The van der Waals surface area contributed by atoms with Gasteiger partial charge in [0.2, 0.25) is 5.91 Å². The summed E-state index contributed by atoms with van der Waals surface area (Å²) in [5.41, 5.74) is 4.67. The van der Waals surface area contributed by atoms with E-state index < -0.39 is 0 Å². The van der Waals surface area contributed by atoms with Crippen molar-refractivity contribution in [3.63, 3.8) is 0 Å². The Kier molecular flexibility index (Phi) is 6.86. The Labute approximate surface area is 212 Å². The Morgan fingerprint density at radius 1 is 1.11 bits per heavy atom. The molecule has 2 heterocycles. The van der Waals surface area contributed by atoms with E-state index in [9.17, 15) is 9.59 Å². The quantitative estimate of drug-likeness (QED) is 0.460. The van der Waals surface area contributed by atoms with E-state index in [-0.39, 0.29) is 36.1 Å². The van der Waals surface area contributed by atoms with Gasteiger partial charge >= 0.3 is 0 Å². The standard InChI is InChI=1S/C30H34N2O4/c1-19(2)17-31-29(33)27-12-11-25(36-27)18-35-24-10-9-21-13-14-32(30(34)22-7-8-22)28(26(21)16-24)23-6-4-5-20(3)15-23/h4-6,9-12,15-16,19,22,28H,7-8,13-14,17-18H2,1-3H3,(H,31,33)/t28-/m0/s1. The summed E-state index contributed by atoms with van der Waals surface area (Å²) in [7, 11) is 0. The molecule has 188 valence electrons. The Hall–Kier alpha value is -3.54. The summed E-state index contributed by atoms with van der Waals surface area (Å²) in [5, 5.41) is 2.86. The molecule has 0 unspecified atom stereocenters. The molecule has 5 rings (SSSR count). The summed E-state index contributed by atoms with van der Waals surface area (Å²) >= 11 is 0. The van der Waals surface area contributed by atoms with Gasteiger partial charge in [0.05, 0.1) is 6.04 Å². The summed E-state index contributed by atoms with van der Waals surface area (Å²) in [4.78, 5) is 27.5. The van der Waals surface area contributed by atoms with Gasteiger partial charge in [-0.05, 0) is 73.1 Å². The van der Waals surface area contributed by atoms with Gasteiger partial charge in [-0.3, -0.25) is 9.59 Å². The van der Waals surface area contributed by atoms with Crippen molar-refractivity contribution in [3.05, 3.63) is 88.4 Å². The van der Waals surface area contributed by atoms with E-state index in [1.807, 2.05) is 19.9 Å². The second-order valence-electron chi connectivity index (χ2n) is 10.4. The molecule has 2 amide bonds. The molecule has 1 fully saturated rings. The van der Waals surface area contributed by atoms with Gasteiger partial charge in [0.1, 0.15) is 18.1 Å². The molecule has 1 aliphatic heterocycles. The predicted octanol–water partition coefficient (Wildman–Crippen LogP) is 5.44. The van der Waals surface area contributed by atoms with Crippen LogP contribution in [0.25, 0.3) is 0 Å². The van der Waals surface area contributed by atoms with Crippen LogP contribution in [0, 0.1) is 18.8 Å². The van der Waals surface area contributed by atoms with Crippen LogP contribution in [0.5, 0.6) is 5.75 Å². The molecule has 0 saturated heterocycles. The lowest BCUT2D eigenvalue weighted by molar-refractivity contribution is -0.134. The number of carbonyl (C=O) groups excluding carboxylic acids is 2. The Morgan fingerprint density at radius 3 is 2.69 bits per heavy atom. The number of carbonyl (C=O) groups is 2. The molecule has 2 aromatic carbocycles. The monoisotopic (exact) mass is 486 g/mol. The molecule has 36 heavy (non-hydrogen) atoms. The van der Waals surface area contributed by atoms with Crippen LogP contribution in [0.4, 0.5) is 0 Å². The summed E-state index contributed by atoms with van der Waals surface area (Å²) in [6, 6.07) is 17.9. The highest BCUT2D eigenvalue weighted by Crippen LogP contribution is 2.41. The summed E-state index contributed by atoms with van der Waals surface area (Å²) in [6.07, 6.45) is 2.82. The fraction of sp³-hybridized carbons (Fsp3) is 0.400. The van der Waals surface area contributed by atoms with Crippen LogP contribution in [0.3, 0.4) is 0 Å². The van der Waals surface area contributed by atoms with E-state index >= 15 is 0 Å². The van der Waals surface area contributed by atoms with Gasteiger partial charge < -0.3 is 19.4 Å². The van der Waals surface area contributed by atoms with Gasteiger partial charge in [-0.25, -0.2) is 0 Å². The average molecular weight is 487 g/mol. The van der Waals surface area contributed by atoms with Crippen LogP contribution in [0.2, 0.25) is 0 Å². The maximum atomic E-state index is 13.2. The van der Waals surface area contributed by atoms with Crippen LogP contribution >= 0.6 is 0 Å². The average Bonchev–Trinajstić information content (AvgIpc) is 3.62. The van der Waals surface area contributed by atoms with Crippen LogP contribution in [0.15, 0.2) is 59.0 Å². The number of nitrogens with zero attached hydrogens (tertiary/aromatic N) is 1. The fourth-order valence-electron chi connectivity index (χ4n) is 4.80. The fourth-order valence-corrected chi connectivity index (χ4v) is 4.80. The SMILES string of the molecule is Cc1cccc([C@H]2c3cc(OCc4ccc(C(=O)NCC(C)C)o4)ccc3CCN2C(=O)C2CC2)c1. The van der Waals surface area contributed by atoms with Gasteiger partial charge in [0.25, 0.3) is 5.91 Å². The van der Waals surface area contributed by atoms with Crippen LogP contribution in [0.1, 0.15) is 71.3 Å². The first kappa shape index (κ1) is 24.2. The molecule has 0 radical (unpaired) electrons. The number of aryl methyl sites for hydroxylation is 1. The number of hydrogen-bond acceptors (Lipinski definition) is 4. The summed E-state index contributed by atoms with van der Waals surface area (Å²) < 4.78 is 11.8. The number of hydrogen-bond donors (Lipinski definition) is 1. The van der Waals surface area contributed by atoms with Gasteiger partial charge in [-0.1, -0.05) is 49.7 Å². The molecule has 1 aliphatic carbocycles. The van der Waals surface area contributed by atoms with E-state index in [4.69, 9.17) is 9.15 Å². The normalized spacial score (nSPS) is 17.1. The third-order valence-electron chi connectivity index (χ3n) is 6.85. The highest BCUT2D eigenvalue weighted by molar-refractivity contribution is 5.91. The summed E-state index contributed by atoms with van der Waals surface area (Å²) in [6.45, 7) is 7.73. The van der Waals surface area contributed by atoms with Crippen molar-refractivity contribution in [2.75, 3.05) is 13.1 Å². The van der Waals surface area contributed by atoms with Crippen LogP contribution in [-0.2, 0) is 17.8 Å². The molecule has 6 nitrogen and oxygen atoms in total. The van der Waals surface area contributed by atoms with Crippen LogP contribution in [-0.4, -0.2) is 29.8 Å². The van der Waals surface area contributed by atoms with Gasteiger partial charge in [0, 0.05) is 19.0 Å². The Bertz CT molecular complexity index is 1260. The minimum Gasteiger partial charge on any atom is -0.486 e. The number of rotatable bonds is 8. The third-order valence-corrected chi connectivity index (χ3v) is 6.85. The van der Waals surface area contributed by atoms with E-state index in [1.165, 1.54) is 11.1 Å². The zero-order valence-corrected chi connectivity index (χ0v) is 21.3. The molecular formula is C30H34N2O4. The highest BCUT2D eigenvalue weighted by atomic mass is 16.5. The maximum absolute atomic E-state index is 13.2. The van der Waals surface area contributed by atoms with Crippen molar-refractivity contribution in [1.82, 2.24) is 10.2 Å². The van der Waals surface area contributed by atoms with Crippen molar-refractivity contribution in [2.45, 2.75) is 52.7 Å². The number of ether oxygens (including phenoxy) is 1. The number of benzene rings is 2. The number of furan rings is 1. The molecular weight excluding hydrogens is 452 g/mol. The van der Waals surface area contributed by atoms with Crippen molar-refractivity contribution in [2.24, 2.45) is 11.8 Å². The maximum Gasteiger partial charge on any atom is 0.287 e. The number of nitrogens with one attached hydrogen (secondary N) is 1. The highest BCUT2D eigenvalue weighted by Gasteiger charge is 2.39. The topological polar surface area (TPSA) is 71.8 Å². The molecule has 1 saturated carbocycles. The lowest BCUT2D eigenvalue weighted by Gasteiger charge is -2.38. The Balaban J connectivity index is 1.35. The molecule has 0 spiro atoms. The predicted molar refractivity (Wildman–Crippen MR) is 138 cm³/mol. The van der Waals surface area contributed by atoms with Crippen molar-refractivity contribution in [3.8, 4) is 5.75 Å². The van der Waals surface area contributed by atoms with E-state index in [0.717, 1.165) is 36.9 Å². The zero-order chi connectivity index (χ0) is 25.2. The Morgan fingerprint density at radius 2 is 1.94 bits per heavy atom. The van der Waals surface area contributed by atoms with E-state index in [2.05, 4.69) is 53.5 Å². The third kappa shape index (κ3) is 5.32. The second-order valence-corrected chi connectivity index (χ2v) is 10.4. The molecule has 1 atom stereocenters. The number of fused-ring (bicyclic) bond motifs is 1. The van der Waals surface area contributed by atoms with E-state index in [1.54, 1.807) is 12.1 Å². The smallest absolute Gasteiger partial charge is 0.287 e. The van der Waals surface area contributed by atoms with E-state index in [0.29, 0.717) is 24.0 Å². The minimum atomic E-state index is -0.217. The number of amides is 2.